The Balaban J connectivity index is 2.32. The summed E-state index contributed by atoms with van der Waals surface area (Å²) in [5, 5.41) is 10.1. The minimum absolute atomic E-state index is 0.0656. The second-order valence-corrected chi connectivity index (χ2v) is 6.30. The molecule has 3 atom stereocenters. The molecule has 0 aromatic carbocycles. The molecule has 0 aliphatic heterocycles. The van der Waals surface area contributed by atoms with Crippen molar-refractivity contribution in [1.29, 1.82) is 0 Å². The highest BCUT2D eigenvalue weighted by Crippen LogP contribution is 2.29. The molecule has 1 saturated carbocycles. The van der Waals surface area contributed by atoms with Gasteiger partial charge in [-0.1, -0.05) is 13.8 Å². The number of hydrogen-bond donors (Lipinski definition) is 1. The van der Waals surface area contributed by atoms with Crippen molar-refractivity contribution in [2.24, 2.45) is 11.8 Å². The lowest BCUT2D eigenvalue weighted by Gasteiger charge is -2.35. The molecule has 1 aliphatic carbocycles. The molecule has 0 spiro atoms. The summed E-state index contributed by atoms with van der Waals surface area (Å²) in [6.07, 6.45) is 4.56. The van der Waals surface area contributed by atoms with Crippen molar-refractivity contribution < 1.29 is 5.11 Å². The Labute approximate surface area is 113 Å². The summed E-state index contributed by atoms with van der Waals surface area (Å²) in [5.74, 6) is 1.28. The van der Waals surface area contributed by atoms with E-state index < -0.39 is 0 Å². The summed E-state index contributed by atoms with van der Waals surface area (Å²) in [5.41, 5.74) is 0. The van der Waals surface area contributed by atoms with Gasteiger partial charge in [-0.2, -0.15) is 0 Å². The highest BCUT2D eigenvalue weighted by Gasteiger charge is 2.28. The molecule has 1 N–H and O–H groups in total. The minimum atomic E-state index is -0.0656. The molecule has 18 heavy (non-hydrogen) atoms. The van der Waals surface area contributed by atoms with Crippen molar-refractivity contribution in [2.45, 2.75) is 45.6 Å². The lowest BCUT2D eigenvalue weighted by molar-refractivity contribution is 0.0310. The van der Waals surface area contributed by atoms with E-state index in [1.165, 1.54) is 19.3 Å². The third kappa shape index (κ3) is 5.68. The average Bonchev–Trinajstić information content (AvgIpc) is 2.32. The highest BCUT2D eigenvalue weighted by molar-refractivity contribution is 4.80. The lowest BCUT2D eigenvalue weighted by atomic mass is 9.80. The van der Waals surface area contributed by atoms with Gasteiger partial charge in [-0.05, 0) is 71.2 Å². The normalized spacial score (nSPS) is 29.2. The predicted molar refractivity (Wildman–Crippen MR) is 77.8 cm³/mol. The van der Waals surface area contributed by atoms with Gasteiger partial charge in [-0.25, -0.2) is 0 Å². The molecule has 0 radical (unpaired) electrons. The van der Waals surface area contributed by atoms with Crippen LogP contribution in [0.15, 0.2) is 0 Å². The SMILES string of the molecule is CCN(CCCN(C)C)CC1CC(C)CCC1O. The van der Waals surface area contributed by atoms with Gasteiger partial charge < -0.3 is 14.9 Å². The van der Waals surface area contributed by atoms with E-state index in [4.69, 9.17) is 0 Å². The number of rotatable bonds is 7. The van der Waals surface area contributed by atoms with Crippen molar-refractivity contribution in [1.82, 2.24) is 9.80 Å². The predicted octanol–water partition coefficient (Wildman–Crippen LogP) is 2.06. The molecule has 108 valence electrons. The van der Waals surface area contributed by atoms with Gasteiger partial charge in [0.2, 0.25) is 0 Å². The van der Waals surface area contributed by atoms with Crippen LogP contribution in [0.2, 0.25) is 0 Å². The van der Waals surface area contributed by atoms with Crippen LogP contribution < -0.4 is 0 Å². The van der Waals surface area contributed by atoms with Crippen LogP contribution in [0.5, 0.6) is 0 Å². The Kier molecular flexibility index (Phi) is 7.20. The Morgan fingerprint density at radius 2 is 1.89 bits per heavy atom. The largest absolute Gasteiger partial charge is 0.393 e. The first-order valence-corrected chi connectivity index (χ1v) is 7.58. The molecule has 3 unspecified atom stereocenters. The molecule has 1 fully saturated rings. The van der Waals surface area contributed by atoms with Crippen LogP contribution in [-0.4, -0.2) is 61.3 Å². The van der Waals surface area contributed by atoms with E-state index >= 15 is 0 Å². The summed E-state index contributed by atoms with van der Waals surface area (Å²) in [6, 6.07) is 0. The second-order valence-electron chi connectivity index (χ2n) is 6.30. The van der Waals surface area contributed by atoms with Crippen LogP contribution in [-0.2, 0) is 0 Å². The smallest absolute Gasteiger partial charge is 0.0580 e. The zero-order valence-electron chi connectivity index (χ0n) is 12.7. The van der Waals surface area contributed by atoms with E-state index in [1.807, 2.05) is 0 Å². The van der Waals surface area contributed by atoms with Crippen molar-refractivity contribution in [3.8, 4) is 0 Å². The van der Waals surface area contributed by atoms with Crippen LogP contribution in [0.25, 0.3) is 0 Å². The maximum absolute atomic E-state index is 10.1. The molecule has 0 heterocycles. The summed E-state index contributed by atoms with van der Waals surface area (Å²) in [7, 11) is 4.26. The van der Waals surface area contributed by atoms with E-state index in [0.29, 0.717) is 5.92 Å². The number of nitrogens with zero attached hydrogens (tertiary/aromatic N) is 2. The van der Waals surface area contributed by atoms with E-state index in [-0.39, 0.29) is 6.10 Å². The number of aliphatic hydroxyl groups is 1. The standard InChI is InChI=1S/C15H32N2O/c1-5-17(10-6-9-16(3)4)12-14-11-13(2)7-8-15(14)18/h13-15,18H,5-12H2,1-4H3. The second kappa shape index (κ2) is 8.13. The van der Waals surface area contributed by atoms with Crippen molar-refractivity contribution >= 4 is 0 Å². The number of hydrogen-bond acceptors (Lipinski definition) is 3. The van der Waals surface area contributed by atoms with Crippen molar-refractivity contribution in [2.75, 3.05) is 40.3 Å². The van der Waals surface area contributed by atoms with Crippen LogP contribution in [0.1, 0.15) is 39.5 Å². The van der Waals surface area contributed by atoms with Crippen molar-refractivity contribution in [3.63, 3.8) is 0 Å². The van der Waals surface area contributed by atoms with E-state index in [1.54, 1.807) is 0 Å². The molecule has 0 bridgehead atoms. The van der Waals surface area contributed by atoms with Crippen LogP contribution in [0.3, 0.4) is 0 Å². The Bertz CT molecular complexity index is 221. The molecule has 3 heteroatoms. The topological polar surface area (TPSA) is 26.7 Å². The third-order valence-corrected chi connectivity index (χ3v) is 4.22. The van der Waals surface area contributed by atoms with Crippen LogP contribution in [0, 0.1) is 11.8 Å². The Morgan fingerprint density at radius 3 is 2.50 bits per heavy atom. The average molecular weight is 256 g/mol. The first-order chi connectivity index (χ1) is 8.52. The van der Waals surface area contributed by atoms with Crippen LogP contribution >= 0.6 is 0 Å². The quantitative estimate of drug-likeness (QED) is 0.755. The summed E-state index contributed by atoms with van der Waals surface area (Å²) in [6.45, 7) is 9.04. The summed E-state index contributed by atoms with van der Waals surface area (Å²) in [4.78, 5) is 4.75. The first kappa shape index (κ1) is 15.9. The molecule has 1 aliphatic rings. The molecule has 0 saturated heterocycles. The lowest BCUT2D eigenvalue weighted by Crippen LogP contribution is -2.39. The molecule has 0 aromatic rings. The molecule has 0 amide bonds. The summed E-state index contributed by atoms with van der Waals surface area (Å²) < 4.78 is 0. The highest BCUT2D eigenvalue weighted by atomic mass is 16.3. The van der Waals surface area contributed by atoms with E-state index in [9.17, 15) is 5.11 Å². The fourth-order valence-corrected chi connectivity index (χ4v) is 3.00. The van der Waals surface area contributed by atoms with Gasteiger partial charge >= 0.3 is 0 Å². The molecule has 3 nitrogen and oxygen atoms in total. The third-order valence-electron chi connectivity index (χ3n) is 4.22. The first-order valence-electron chi connectivity index (χ1n) is 7.58. The molecular weight excluding hydrogens is 224 g/mol. The Morgan fingerprint density at radius 1 is 1.17 bits per heavy atom. The maximum Gasteiger partial charge on any atom is 0.0580 e. The fraction of sp³-hybridized carbons (Fsp3) is 1.00. The molecular formula is C15H32N2O. The van der Waals surface area contributed by atoms with E-state index in [0.717, 1.165) is 38.5 Å². The van der Waals surface area contributed by atoms with Gasteiger partial charge in [0.1, 0.15) is 0 Å². The minimum Gasteiger partial charge on any atom is -0.393 e. The van der Waals surface area contributed by atoms with Gasteiger partial charge in [0.25, 0.3) is 0 Å². The van der Waals surface area contributed by atoms with Crippen molar-refractivity contribution in [3.05, 3.63) is 0 Å². The van der Waals surface area contributed by atoms with E-state index in [2.05, 4.69) is 37.7 Å². The van der Waals surface area contributed by atoms with Crippen LogP contribution in [0.4, 0.5) is 0 Å². The van der Waals surface area contributed by atoms with Gasteiger partial charge in [0.15, 0.2) is 0 Å². The molecule has 0 aromatic heterocycles. The van der Waals surface area contributed by atoms with Gasteiger partial charge in [0, 0.05) is 6.54 Å². The maximum atomic E-state index is 10.1. The zero-order valence-corrected chi connectivity index (χ0v) is 12.7. The number of aliphatic hydroxyl groups excluding tert-OH is 1. The Hall–Kier alpha value is -0.120. The van der Waals surface area contributed by atoms with Gasteiger partial charge in [-0.3, -0.25) is 0 Å². The monoisotopic (exact) mass is 256 g/mol. The summed E-state index contributed by atoms with van der Waals surface area (Å²) >= 11 is 0. The molecule has 1 rings (SSSR count). The zero-order chi connectivity index (χ0) is 13.5. The van der Waals surface area contributed by atoms with Gasteiger partial charge in [-0.15, -0.1) is 0 Å². The fourth-order valence-electron chi connectivity index (χ4n) is 3.00. The van der Waals surface area contributed by atoms with Gasteiger partial charge in [0.05, 0.1) is 6.10 Å².